The van der Waals surface area contributed by atoms with Crippen LogP contribution in [0.2, 0.25) is 5.02 Å². The van der Waals surface area contributed by atoms with Gasteiger partial charge in [0.15, 0.2) is 34.6 Å². The molecular formula is C76H106ClF2N7O7S. The van der Waals surface area contributed by atoms with Gasteiger partial charge in [-0.2, -0.15) is 0 Å². The smallest absolute Gasteiger partial charge is 0.203 e. The van der Waals surface area contributed by atoms with Gasteiger partial charge in [-0.05, 0) is 126 Å². The first kappa shape index (κ1) is 80.6. The van der Waals surface area contributed by atoms with Crippen molar-refractivity contribution in [3.63, 3.8) is 0 Å². The lowest BCUT2D eigenvalue weighted by Crippen LogP contribution is -2.19. The van der Waals surface area contributed by atoms with Gasteiger partial charge >= 0.3 is 0 Å². The number of pyridine rings is 1. The van der Waals surface area contributed by atoms with Crippen molar-refractivity contribution in [1.82, 2.24) is 34.8 Å². The Bertz CT molecular complexity index is 3730. The van der Waals surface area contributed by atoms with Gasteiger partial charge in [0.25, 0.3) is 0 Å². The minimum Gasteiger partial charge on any atom is -0.494 e. The molecule has 0 atom stereocenters. The summed E-state index contributed by atoms with van der Waals surface area (Å²) >= 11 is 7.44. The number of halogens is 3. The summed E-state index contributed by atoms with van der Waals surface area (Å²) in [4.78, 5) is 27.2. The summed E-state index contributed by atoms with van der Waals surface area (Å²) in [6, 6.07) is 30.0. The molecule has 514 valence electrons. The first-order chi connectivity index (χ1) is 43.2. The van der Waals surface area contributed by atoms with Crippen molar-refractivity contribution in [3.8, 4) is 51.5 Å². The van der Waals surface area contributed by atoms with Crippen molar-refractivity contribution in [2.45, 2.75) is 165 Å². The molecule has 0 bridgehead atoms. The fourth-order valence-electron chi connectivity index (χ4n) is 8.37. The van der Waals surface area contributed by atoms with Crippen molar-refractivity contribution < 1.29 is 41.9 Å². The van der Waals surface area contributed by atoms with Crippen LogP contribution in [0.4, 0.5) is 8.78 Å². The number of H-pyrrole nitrogens is 1. The lowest BCUT2D eigenvalue weighted by molar-refractivity contribution is 0.261. The molecule has 0 saturated carbocycles. The van der Waals surface area contributed by atoms with Crippen molar-refractivity contribution in [1.29, 1.82) is 0 Å². The number of benzene rings is 5. The molecule has 1 N–H and O–H groups in total. The van der Waals surface area contributed by atoms with Crippen LogP contribution in [-0.4, -0.2) is 105 Å². The Labute approximate surface area is 569 Å². The maximum Gasteiger partial charge on any atom is 0.203 e. The van der Waals surface area contributed by atoms with E-state index in [9.17, 15) is 8.78 Å². The standard InChI is InChI=1S/C15H22N2OS.C13H15N3.C13H20O3.C12H18O2.C11H12ClFN2.C11H15FO.CH4/c1-15(2,3)14-16-12-7-6-11(10-13(12)19-14)18-9-8-17(4)5;1-13(2,3)12-15-8-6-11(16-12)10-5-4-7-14-9-10;1-13(2,3)9-7-10(14-4)12(16-6)11(8-9)15-5;1-12(2,3)9-6-7-10(13-4)11(8-9)14-5;1-11(2,3)10-14-8-4-6(12)7(13)5-9(8)15-10;1-11(2,3)8-5-6-10(13-4)9(12)7-8;/h6-7,10H,8-9H2,1-5H3;4-9H,1-3H3;7-8H,1-6H3;6-8H,1-5H3;4-5H,1-3H3,(H,14,15);5-7H,1-4H3;1H4. The number of hydrogen-bond acceptors (Lipinski definition) is 14. The van der Waals surface area contributed by atoms with Crippen LogP contribution in [0.3, 0.4) is 0 Å². The summed E-state index contributed by atoms with van der Waals surface area (Å²) < 4.78 is 64.5. The molecule has 94 heavy (non-hydrogen) atoms. The zero-order valence-electron chi connectivity index (χ0n) is 60.0. The molecule has 0 saturated heterocycles. The number of methoxy groups -OCH3 is 6. The number of aromatic amines is 1. The Morgan fingerprint density at radius 3 is 1.54 bits per heavy atom. The highest BCUT2D eigenvalue weighted by atomic mass is 35.5. The molecule has 18 heteroatoms. The van der Waals surface area contributed by atoms with E-state index < -0.39 is 5.82 Å². The summed E-state index contributed by atoms with van der Waals surface area (Å²) in [6.45, 7) is 39.8. The molecular weight excluding hydrogens is 1230 g/mol. The molecule has 0 unspecified atom stereocenters. The molecule has 0 aliphatic carbocycles. The summed E-state index contributed by atoms with van der Waals surface area (Å²) in [5, 5.41) is 1.28. The van der Waals surface area contributed by atoms with Gasteiger partial charge in [-0.3, -0.25) is 4.98 Å². The first-order valence-corrected chi connectivity index (χ1v) is 32.0. The first-order valence-electron chi connectivity index (χ1n) is 30.8. The number of rotatable bonds is 11. The third-order valence-electron chi connectivity index (χ3n) is 14.1. The number of nitrogens with one attached hydrogen (secondary N) is 1. The van der Waals surface area contributed by atoms with Crippen LogP contribution in [0.5, 0.6) is 40.2 Å². The van der Waals surface area contributed by atoms with E-state index in [0.29, 0.717) is 40.6 Å². The van der Waals surface area contributed by atoms with E-state index in [4.69, 9.17) is 44.8 Å². The maximum atomic E-state index is 13.3. The molecule has 9 rings (SSSR count). The van der Waals surface area contributed by atoms with Crippen LogP contribution < -0.4 is 33.2 Å². The molecule has 0 aliphatic heterocycles. The topological polar surface area (TPSA) is 148 Å². The van der Waals surface area contributed by atoms with E-state index in [-0.39, 0.29) is 50.8 Å². The van der Waals surface area contributed by atoms with Gasteiger partial charge in [0, 0.05) is 53.0 Å². The monoisotopic (exact) mass is 1330 g/mol. The third kappa shape index (κ3) is 24.3. The average Bonchev–Trinajstić information content (AvgIpc) is 1.52. The number of hydrogen-bond donors (Lipinski definition) is 1. The Morgan fingerprint density at radius 1 is 0.511 bits per heavy atom. The number of imidazole rings is 1. The Kier molecular flexibility index (Phi) is 29.8. The number of aromatic nitrogens is 6. The van der Waals surface area contributed by atoms with Crippen LogP contribution in [0.1, 0.15) is 165 Å². The quantitative estimate of drug-likeness (QED) is 0.131. The average molecular weight is 1340 g/mol. The third-order valence-corrected chi connectivity index (χ3v) is 15.9. The second-order valence-corrected chi connectivity index (χ2v) is 29.9. The lowest BCUT2D eigenvalue weighted by Gasteiger charge is -2.22. The summed E-state index contributed by atoms with van der Waals surface area (Å²) in [7, 11) is 13.7. The van der Waals surface area contributed by atoms with Crippen LogP contribution >= 0.6 is 22.9 Å². The van der Waals surface area contributed by atoms with Crippen LogP contribution in [0.15, 0.2) is 116 Å². The van der Waals surface area contributed by atoms with Crippen molar-refractivity contribution >= 4 is 44.2 Å². The normalized spacial score (nSPS) is 11.6. The van der Waals surface area contributed by atoms with Gasteiger partial charge in [0.1, 0.15) is 29.8 Å². The van der Waals surface area contributed by atoms with E-state index in [0.717, 1.165) is 63.3 Å². The fraction of sp³-hybridized carbons (Fsp3) is 0.461. The summed E-state index contributed by atoms with van der Waals surface area (Å²) in [6.07, 6.45) is 5.38. The van der Waals surface area contributed by atoms with E-state index in [2.05, 4.69) is 130 Å². The number of fused-ring (bicyclic) bond motifs is 2. The molecule has 0 spiro atoms. The highest BCUT2D eigenvalue weighted by molar-refractivity contribution is 7.18. The van der Waals surface area contributed by atoms with Gasteiger partial charge in [-0.15, -0.1) is 11.3 Å². The summed E-state index contributed by atoms with van der Waals surface area (Å²) in [5.74, 6) is 5.81. The molecule has 9 aromatic rings. The lowest BCUT2D eigenvalue weighted by atomic mass is 9.86. The second-order valence-electron chi connectivity index (χ2n) is 28.5. The number of thiazole rings is 1. The maximum absolute atomic E-state index is 13.3. The molecule has 0 radical (unpaired) electrons. The van der Waals surface area contributed by atoms with Crippen LogP contribution in [-0.2, 0) is 32.5 Å². The minimum absolute atomic E-state index is 0. The van der Waals surface area contributed by atoms with E-state index in [1.165, 1.54) is 40.6 Å². The largest absolute Gasteiger partial charge is 0.494 e. The Morgan fingerprint density at radius 2 is 1.06 bits per heavy atom. The number of likely N-dealkylation sites (N-methyl/N-ethyl adjacent to an activating group) is 1. The molecule has 0 amide bonds. The van der Waals surface area contributed by atoms with Gasteiger partial charge in [-0.1, -0.05) is 156 Å². The van der Waals surface area contributed by atoms with Crippen LogP contribution in [0, 0.1) is 11.6 Å². The molecule has 0 aliphatic rings. The van der Waals surface area contributed by atoms with Gasteiger partial charge in [0.2, 0.25) is 5.75 Å². The van der Waals surface area contributed by atoms with Gasteiger partial charge in [-0.25, -0.2) is 28.7 Å². The Balaban J connectivity index is 0.000000295. The SMILES string of the molecule is C.CC(C)(C)c1nc2cc(Cl)c(F)cc2[nH]1.CC(C)(C)c1nccc(-c2cccnc2)n1.CN(C)CCOc1ccc2nc(C(C)(C)C)sc2c1.COc1cc(C(C)(C)C)cc(OC)c1OC.COc1ccc(C(C)(C)C)cc1F.COc1ccc(C(C)(C)C)cc1OC. The predicted octanol–water partition coefficient (Wildman–Crippen LogP) is 19.8. The molecule has 4 aromatic heterocycles. The number of ether oxygens (including phenoxy) is 7. The van der Waals surface area contributed by atoms with Crippen molar-refractivity contribution in [2.75, 3.05) is 69.9 Å². The summed E-state index contributed by atoms with van der Waals surface area (Å²) in [5.41, 5.74) is 7.93. The van der Waals surface area contributed by atoms with Crippen molar-refractivity contribution in [3.05, 3.63) is 166 Å². The minimum atomic E-state index is -0.423. The molecule has 5 aromatic carbocycles. The molecule has 14 nitrogen and oxygen atoms in total. The fourth-order valence-corrected chi connectivity index (χ4v) is 9.58. The van der Waals surface area contributed by atoms with Gasteiger partial charge < -0.3 is 43.0 Å². The van der Waals surface area contributed by atoms with Crippen molar-refractivity contribution in [2.24, 2.45) is 0 Å². The van der Waals surface area contributed by atoms with Gasteiger partial charge in [0.05, 0.1) is 79.6 Å². The van der Waals surface area contributed by atoms with Crippen LogP contribution in [0.25, 0.3) is 32.5 Å². The second kappa shape index (κ2) is 34.7. The van der Waals surface area contributed by atoms with E-state index in [1.807, 2.05) is 122 Å². The Hall–Kier alpha value is -7.60. The highest BCUT2D eigenvalue weighted by Crippen LogP contribution is 2.42. The van der Waals surface area contributed by atoms with E-state index in [1.54, 1.807) is 65.3 Å². The molecule has 0 fully saturated rings. The predicted molar refractivity (Wildman–Crippen MR) is 388 cm³/mol. The zero-order chi connectivity index (χ0) is 70.0. The zero-order valence-corrected chi connectivity index (χ0v) is 61.5. The highest BCUT2D eigenvalue weighted by Gasteiger charge is 2.24. The molecule has 4 heterocycles. The van der Waals surface area contributed by atoms with E-state index >= 15 is 0 Å². The number of nitrogens with zero attached hydrogens (tertiary/aromatic N) is 6.